The van der Waals surface area contributed by atoms with E-state index in [-0.39, 0.29) is 18.0 Å². The van der Waals surface area contributed by atoms with Gasteiger partial charge in [-0.25, -0.2) is 4.79 Å². The van der Waals surface area contributed by atoms with Crippen molar-refractivity contribution in [3.63, 3.8) is 0 Å². The van der Waals surface area contributed by atoms with Crippen molar-refractivity contribution < 1.29 is 19.2 Å². The molecule has 0 saturated heterocycles. The molecule has 0 fully saturated rings. The summed E-state index contributed by atoms with van der Waals surface area (Å²) in [6.45, 7) is 0.168. The van der Waals surface area contributed by atoms with Gasteiger partial charge in [0.15, 0.2) is 0 Å². The van der Waals surface area contributed by atoms with Crippen molar-refractivity contribution in [2.24, 2.45) is 0 Å². The van der Waals surface area contributed by atoms with Crippen molar-refractivity contribution in [1.82, 2.24) is 0 Å². The Labute approximate surface area is 170 Å². The fourth-order valence-corrected chi connectivity index (χ4v) is 2.96. The summed E-state index contributed by atoms with van der Waals surface area (Å²) in [6.07, 6.45) is 2.78. The van der Waals surface area contributed by atoms with Crippen molar-refractivity contribution in [2.45, 2.75) is 5.75 Å². The molecule has 0 bridgehead atoms. The van der Waals surface area contributed by atoms with Crippen molar-refractivity contribution in [3.8, 4) is 0 Å². The molecule has 9 heteroatoms. The maximum atomic E-state index is 11.9. The average Bonchev–Trinajstić information content (AvgIpc) is 2.70. The highest BCUT2D eigenvalue weighted by Gasteiger charge is 2.18. The Morgan fingerprint density at radius 2 is 1.89 bits per heavy atom. The summed E-state index contributed by atoms with van der Waals surface area (Å²) in [5, 5.41) is 11.3. The molecule has 0 spiro atoms. The zero-order valence-corrected chi connectivity index (χ0v) is 16.2. The number of carbonyl (C=O) groups is 1. The van der Waals surface area contributed by atoms with E-state index in [0.717, 1.165) is 11.3 Å². The molecule has 0 heterocycles. The second-order valence-electron chi connectivity index (χ2n) is 5.48. The van der Waals surface area contributed by atoms with Gasteiger partial charge in [-0.05, 0) is 41.5 Å². The molecule has 144 valence electrons. The molecule has 0 amide bonds. The summed E-state index contributed by atoms with van der Waals surface area (Å²) in [6, 6.07) is 13.2. The van der Waals surface area contributed by atoms with Crippen LogP contribution in [-0.2, 0) is 15.3 Å². The maximum absolute atomic E-state index is 11.9. The SMILES string of the molecule is [N-]=[N+]=C(/C=C/c1ccc([N+](=O)[O-])cc1)C(=O)OCCSCc1ccc(Cl)cc1. The molecule has 0 atom stereocenters. The van der Waals surface area contributed by atoms with Crippen LogP contribution in [0.15, 0.2) is 54.6 Å². The Hall–Kier alpha value is -2.93. The third-order valence-corrected chi connectivity index (χ3v) is 4.74. The molecule has 2 rings (SSSR count). The van der Waals surface area contributed by atoms with Crippen molar-refractivity contribution in [2.75, 3.05) is 12.4 Å². The first-order valence-electron chi connectivity index (χ1n) is 8.13. The number of thioether (sulfide) groups is 1. The van der Waals surface area contributed by atoms with Gasteiger partial charge >= 0.3 is 11.7 Å². The monoisotopic (exact) mass is 417 g/mol. The first kappa shape index (κ1) is 21.4. The van der Waals surface area contributed by atoms with Gasteiger partial charge in [0.1, 0.15) is 6.61 Å². The van der Waals surface area contributed by atoms with Crippen LogP contribution in [0.25, 0.3) is 11.6 Å². The number of non-ortho nitro benzene ring substituents is 1. The Kier molecular flexibility index (Phi) is 8.42. The Morgan fingerprint density at radius 1 is 1.21 bits per heavy atom. The number of rotatable bonds is 9. The van der Waals surface area contributed by atoms with Gasteiger partial charge < -0.3 is 10.3 Å². The largest absolute Gasteiger partial charge is 0.456 e. The number of hydrogen-bond acceptors (Lipinski definition) is 5. The molecule has 7 nitrogen and oxygen atoms in total. The highest BCUT2D eigenvalue weighted by atomic mass is 35.5. The van der Waals surface area contributed by atoms with Crippen molar-refractivity contribution in [1.29, 1.82) is 0 Å². The van der Waals surface area contributed by atoms with Gasteiger partial charge in [0.25, 0.3) is 5.69 Å². The molecule has 2 aromatic rings. The Balaban J connectivity index is 1.77. The van der Waals surface area contributed by atoms with Gasteiger partial charge in [0.05, 0.1) is 4.92 Å². The molecule has 2 aromatic carbocycles. The Bertz CT molecular complexity index is 908. The van der Waals surface area contributed by atoms with Crippen LogP contribution in [0.3, 0.4) is 0 Å². The molecule has 0 unspecified atom stereocenters. The van der Waals surface area contributed by atoms with E-state index < -0.39 is 10.9 Å². The van der Waals surface area contributed by atoms with E-state index in [1.165, 1.54) is 36.4 Å². The predicted octanol–water partition coefficient (Wildman–Crippen LogP) is 4.41. The minimum Gasteiger partial charge on any atom is -0.456 e. The maximum Gasteiger partial charge on any atom is 0.421 e. The number of hydrogen-bond donors (Lipinski definition) is 0. The van der Waals surface area contributed by atoms with Gasteiger partial charge in [-0.3, -0.25) is 10.1 Å². The first-order chi connectivity index (χ1) is 13.5. The minimum atomic E-state index is -0.757. The van der Waals surface area contributed by atoms with Crippen molar-refractivity contribution >= 4 is 46.8 Å². The molecule has 0 aromatic heterocycles. The van der Waals surface area contributed by atoms with E-state index in [1.54, 1.807) is 11.8 Å². The number of carbonyl (C=O) groups excluding carboxylic acids is 1. The molecule has 28 heavy (non-hydrogen) atoms. The second-order valence-corrected chi connectivity index (χ2v) is 7.02. The van der Waals surface area contributed by atoms with Crippen LogP contribution in [-0.4, -0.2) is 33.8 Å². The summed E-state index contributed by atoms with van der Waals surface area (Å²) < 4.78 is 5.08. The van der Waals surface area contributed by atoms with E-state index >= 15 is 0 Å². The topological polar surface area (TPSA) is 106 Å². The molecule has 0 N–H and O–H groups in total. The lowest BCUT2D eigenvalue weighted by molar-refractivity contribution is -0.384. The number of esters is 1. The smallest absolute Gasteiger partial charge is 0.421 e. The van der Waals surface area contributed by atoms with Crippen molar-refractivity contribution in [3.05, 3.63) is 86.4 Å². The van der Waals surface area contributed by atoms with E-state index in [2.05, 4.69) is 4.79 Å². The minimum absolute atomic E-state index is 0.0382. The standard InChI is InChI=1S/C19H16ClN3O4S/c20-16-6-1-15(2-7-16)13-28-12-11-27-19(24)18(22-21)10-5-14-3-8-17(9-4-14)23(25)26/h1-10H,11-13H2/b10-5+. The van der Waals surface area contributed by atoms with Gasteiger partial charge in [-0.1, -0.05) is 23.7 Å². The summed E-state index contributed by atoms with van der Waals surface area (Å²) >= 11 is 7.42. The van der Waals surface area contributed by atoms with E-state index in [4.69, 9.17) is 21.9 Å². The third-order valence-electron chi connectivity index (χ3n) is 3.50. The summed E-state index contributed by atoms with van der Waals surface area (Å²) in [7, 11) is 0. The average molecular weight is 418 g/mol. The van der Waals surface area contributed by atoms with E-state index in [0.29, 0.717) is 16.3 Å². The molecule has 0 saturated carbocycles. The molecule has 0 aliphatic heterocycles. The number of ether oxygens (including phenoxy) is 1. The lowest BCUT2D eigenvalue weighted by Gasteiger charge is -2.03. The van der Waals surface area contributed by atoms with Gasteiger partial charge in [-0.15, -0.1) is 0 Å². The quantitative estimate of drug-likeness (QED) is 0.114. The number of nitrogens with zero attached hydrogens (tertiary/aromatic N) is 3. The first-order valence-corrected chi connectivity index (χ1v) is 9.67. The summed E-state index contributed by atoms with van der Waals surface area (Å²) in [5.41, 5.74) is 10.4. The normalized spacial score (nSPS) is 10.5. The van der Waals surface area contributed by atoms with Crippen LogP contribution >= 0.6 is 23.4 Å². The highest BCUT2D eigenvalue weighted by molar-refractivity contribution is 7.98. The second kappa shape index (κ2) is 11.0. The summed E-state index contributed by atoms with van der Waals surface area (Å²) in [4.78, 5) is 25.0. The fraction of sp³-hybridized carbons (Fsp3) is 0.158. The van der Waals surface area contributed by atoms with Crippen LogP contribution in [0.1, 0.15) is 11.1 Å². The van der Waals surface area contributed by atoms with Gasteiger partial charge in [-0.2, -0.15) is 16.6 Å². The van der Waals surface area contributed by atoms with Crippen LogP contribution in [0, 0.1) is 10.1 Å². The number of nitro groups is 1. The molecule has 0 aliphatic rings. The summed E-state index contributed by atoms with van der Waals surface area (Å²) in [5.74, 6) is 0.585. The van der Waals surface area contributed by atoms with Gasteiger partial charge in [0, 0.05) is 34.7 Å². The predicted molar refractivity (Wildman–Crippen MR) is 109 cm³/mol. The van der Waals surface area contributed by atoms with Crippen LogP contribution in [0.5, 0.6) is 0 Å². The molecular weight excluding hydrogens is 402 g/mol. The van der Waals surface area contributed by atoms with Gasteiger partial charge in [0.2, 0.25) is 0 Å². The fourth-order valence-electron chi connectivity index (χ4n) is 2.06. The zero-order valence-electron chi connectivity index (χ0n) is 14.7. The van der Waals surface area contributed by atoms with E-state index in [9.17, 15) is 14.9 Å². The number of halogens is 1. The lowest BCUT2D eigenvalue weighted by atomic mass is 10.2. The number of benzene rings is 2. The molecule has 0 aliphatic carbocycles. The lowest BCUT2D eigenvalue weighted by Crippen LogP contribution is -2.17. The van der Waals surface area contributed by atoms with E-state index in [1.807, 2.05) is 24.3 Å². The Morgan fingerprint density at radius 3 is 2.50 bits per heavy atom. The van der Waals surface area contributed by atoms with Crippen LogP contribution < -0.4 is 0 Å². The highest BCUT2D eigenvalue weighted by Crippen LogP contribution is 2.15. The van der Waals surface area contributed by atoms with Crippen LogP contribution in [0.2, 0.25) is 5.02 Å². The number of nitro benzene ring substituents is 1. The molecular formula is C19H16ClN3O4S. The third kappa shape index (κ3) is 7.00. The zero-order chi connectivity index (χ0) is 20.4. The molecule has 0 radical (unpaired) electrons. The van der Waals surface area contributed by atoms with Crippen LogP contribution in [0.4, 0.5) is 5.69 Å².